The van der Waals surface area contributed by atoms with Crippen molar-refractivity contribution < 1.29 is 14.7 Å². The number of carboxylic acid groups (broad SMARTS) is 1. The van der Waals surface area contributed by atoms with Crippen LogP contribution in [0.2, 0.25) is 0 Å². The Morgan fingerprint density at radius 1 is 1.40 bits per heavy atom. The molecule has 1 rings (SSSR count). The van der Waals surface area contributed by atoms with Crippen LogP contribution in [-0.2, 0) is 9.59 Å². The van der Waals surface area contributed by atoms with Gasteiger partial charge in [-0.2, -0.15) is 0 Å². The molecule has 86 valence electrons. The maximum atomic E-state index is 11.3. The van der Waals surface area contributed by atoms with Crippen LogP contribution in [0.15, 0.2) is 0 Å². The molecule has 15 heavy (non-hydrogen) atoms. The molecule has 1 aliphatic heterocycles. The lowest BCUT2D eigenvalue weighted by Gasteiger charge is -2.32. The van der Waals surface area contributed by atoms with Crippen LogP contribution in [0.3, 0.4) is 0 Å². The molecule has 4 heteroatoms. The van der Waals surface area contributed by atoms with Gasteiger partial charge in [0.15, 0.2) is 0 Å². The summed E-state index contributed by atoms with van der Waals surface area (Å²) >= 11 is 0. The predicted octanol–water partition coefficient (Wildman–Crippen LogP) is 1.20. The number of hydrogen-bond acceptors (Lipinski definition) is 3. The molecular formula is C11H19NO3. The van der Waals surface area contributed by atoms with Gasteiger partial charge in [-0.1, -0.05) is 13.8 Å². The van der Waals surface area contributed by atoms with Crippen LogP contribution in [0.4, 0.5) is 0 Å². The summed E-state index contributed by atoms with van der Waals surface area (Å²) in [5.74, 6) is -0.233. The molecule has 0 saturated carbocycles. The zero-order valence-electron chi connectivity index (χ0n) is 9.32. The van der Waals surface area contributed by atoms with Crippen molar-refractivity contribution in [1.82, 2.24) is 5.32 Å². The molecule has 4 nitrogen and oxygen atoms in total. The van der Waals surface area contributed by atoms with E-state index in [0.717, 1.165) is 6.42 Å². The van der Waals surface area contributed by atoms with Crippen molar-refractivity contribution in [2.75, 3.05) is 0 Å². The summed E-state index contributed by atoms with van der Waals surface area (Å²) in [4.78, 5) is 22.1. The lowest BCUT2D eigenvalue weighted by Crippen LogP contribution is -2.49. The van der Waals surface area contributed by atoms with Gasteiger partial charge in [0.05, 0.1) is 0 Å². The maximum Gasteiger partial charge on any atom is 0.320 e. The van der Waals surface area contributed by atoms with Crippen LogP contribution in [0.1, 0.15) is 39.5 Å². The van der Waals surface area contributed by atoms with E-state index in [1.165, 1.54) is 0 Å². The second kappa shape index (κ2) is 5.26. The Hall–Kier alpha value is -0.900. The normalized spacial score (nSPS) is 31.2. The van der Waals surface area contributed by atoms with E-state index >= 15 is 0 Å². The van der Waals surface area contributed by atoms with Gasteiger partial charge in [-0.05, 0) is 18.8 Å². The van der Waals surface area contributed by atoms with Crippen molar-refractivity contribution in [3.63, 3.8) is 0 Å². The number of hydrogen-bond donors (Lipinski definition) is 2. The van der Waals surface area contributed by atoms with Crippen molar-refractivity contribution >= 4 is 11.8 Å². The summed E-state index contributed by atoms with van der Waals surface area (Å²) in [7, 11) is 0. The molecule has 2 N–H and O–H groups in total. The van der Waals surface area contributed by atoms with E-state index in [1.807, 2.05) is 13.8 Å². The smallest absolute Gasteiger partial charge is 0.320 e. The van der Waals surface area contributed by atoms with Gasteiger partial charge in [-0.15, -0.1) is 0 Å². The highest BCUT2D eigenvalue weighted by Gasteiger charge is 2.30. The molecule has 0 bridgehead atoms. The minimum atomic E-state index is -0.810. The fourth-order valence-corrected chi connectivity index (χ4v) is 2.14. The molecule has 1 fully saturated rings. The maximum absolute atomic E-state index is 11.3. The molecule has 0 unspecified atom stereocenters. The van der Waals surface area contributed by atoms with Gasteiger partial charge in [0.1, 0.15) is 11.8 Å². The fourth-order valence-electron chi connectivity index (χ4n) is 2.14. The van der Waals surface area contributed by atoms with Crippen molar-refractivity contribution in [3.05, 3.63) is 0 Å². The van der Waals surface area contributed by atoms with Crippen molar-refractivity contribution in [2.45, 2.75) is 51.6 Å². The Morgan fingerprint density at radius 2 is 2.07 bits per heavy atom. The van der Waals surface area contributed by atoms with E-state index in [2.05, 4.69) is 5.32 Å². The quantitative estimate of drug-likeness (QED) is 0.736. The minimum absolute atomic E-state index is 0.0438. The lowest BCUT2D eigenvalue weighted by molar-refractivity contribution is -0.141. The third-order valence-corrected chi connectivity index (χ3v) is 2.93. The van der Waals surface area contributed by atoms with Crippen LogP contribution >= 0.6 is 0 Å². The zero-order valence-corrected chi connectivity index (χ0v) is 9.32. The van der Waals surface area contributed by atoms with Crippen molar-refractivity contribution in [2.24, 2.45) is 5.92 Å². The molecule has 0 amide bonds. The number of rotatable bonds is 4. The zero-order chi connectivity index (χ0) is 11.4. The molecule has 0 aliphatic carbocycles. The number of carbonyl (C=O) groups excluding carboxylic acids is 1. The highest BCUT2D eigenvalue weighted by Crippen LogP contribution is 2.21. The SMILES string of the molecule is CCC(=O)C[C@@H]1C[C@@H](C)C[C@H](C(=O)O)N1. The summed E-state index contributed by atoms with van der Waals surface area (Å²) in [6, 6.07) is -0.439. The Morgan fingerprint density at radius 3 is 2.60 bits per heavy atom. The van der Waals surface area contributed by atoms with Gasteiger partial charge in [-0.25, -0.2) is 0 Å². The summed E-state index contributed by atoms with van der Waals surface area (Å²) in [6.07, 6.45) is 2.55. The molecule has 1 heterocycles. The van der Waals surface area contributed by atoms with E-state index in [4.69, 9.17) is 5.11 Å². The van der Waals surface area contributed by atoms with Gasteiger partial charge >= 0.3 is 5.97 Å². The largest absolute Gasteiger partial charge is 0.480 e. The number of carboxylic acids is 1. The number of carbonyl (C=O) groups is 2. The monoisotopic (exact) mass is 213 g/mol. The van der Waals surface area contributed by atoms with Gasteiger partial charge in [0, 0.05) is 18.9 Å². The van der Waals surface area contributed by atoms with Gasteiger partial charge in [-0.3, -0.25) is 9.59 Å². The summed E-state index contributed by atoms with van der Waals surface area (Å²) < 4.78 is 0. The number of nitrogens with one attached hydrogen (secondary N) is 1. The topological polar surface area (TPSA) is 66.4 Å². The van der Waals surface area contributed by atoms with Crippen molar-refractivity contribution in [1.29, 1.82) is 0 Å². The van der Waals surface area contributed by atoms with Gasteiger partial charge in [0.2, 0.25) is 0 Å². The van der Waals surface area contributed by atoms with Gasteiger partial charge in [0.25, 0.3) is 0 Å². The highest BCUT2D eigenvalue weighted by molar-refractivity contribution is 5.79. The van der Waals surface area contributed by atoms with E-state index in [-0.39, 0.29) is 11.8 Å². The molecular weight excluding hydrogens is 194 g/mol. The fraction of sp³-hybridized carbons (Fsp3) is 0.818. The third-order valence-electron chi connectivity index (χ3n) is 2.93. The number of aliphatic carboxylic acids is 1. The molecule has 0 aromatic carbocycles. The van der Waals surface area contributed by atoms with E-state index in [1.54, 1.807) is 0 Å². The van der Waals surface area contributed by atoms with E-state index in [0.29, 0.717) is 25.2 Å². The first kappa shape index (κ1) is 12.2. The highest BCUT2D eigenvalue weighted by atomic mass is 16.4. The minimum Gasteiger partial charge on any atom is -0.480 e. The Balaban J connectivity index is 2.51. The summed E-state index contributed by atoms with van der Waals surface area (Å²) in [5.41, 5.74) is 0. The van der Waals surface area contributed by atoms with Crippen LogP contribution in [0.5, 0.6) is 0 Å². The van der Waals surface area contributed by atoms with Crippen LogP contribution in [0.25, 0.3) is 0 Å². The standard InChI is InChI=1S/C11H19NO3/c1-3-9(13)6-8-4-7(2)5-10(12-8)11(14)15/h7-8,10,12H,3-6H2,1-2H3,(H,14,15)/t7-,8+,10-/m1/s1. The second-order valence-electron chi connectivity index (χ2n) is 4.43. The van der Waals surface area contributed by atoms with Crippen LogP contribution < -0.4 is 5.32 Å². The molecule has 1 aliphatic rings. The second-order valence-corrected chi connectivity index (χ2v) is 4.43. The Kier molecular flexibility index (Phi) is 4.27. The van der Waals surface area contributed by atoms with E-state index < -0.39 is 12.0 Å². The first-order valence-corrected chi connectivity index (χ1v) is 5.53. The Bertz CT molecular complexity index is 252. The summed E-state index contributed by atoms with van der Waals surface area (Å²) in [5, 5.41) is 11.9. The number of Topliss-reactive ketones (excluding diaryl/α,β-unsaturated/α-hetero) is 1. The average Bonchev–Trinajstić information content (AvgIpc) is 2.16. The molecule has 0 spiro atoms. The average molecular weight is 213 g/mol. The summed E-state index contributed by atoms with van der Waals surface area (Å²) in [6.45, 7) is 3.88. The van der Waals surface area contributed by atoms with Gasteiger partial charge < -0.3 is 10.4 Å². The molecule has 0 radical (unpaired) electrons. The number of ketones is 1. The van der Waals surface area contributed by atoms with Crippen molar-refractivity contribution in [3.8, 4) is 0 Å². The lowest BCUT2D eigenvalue weighted by atomic mass is 9.87. The van der Waals surface area contributed by atoms with Crippen LogP contribution in [0, 0.1) is 5.92 Å². The Labute approximate surface area is 90.0 Å². The van der Waals surface area contributed by atoms with Crippen LogP contribution in [-0.4, -0.2) is 28.9 Å². The first-order chi connectivity index (χ1) is 7.02. The molecule has 0 aromatic heterocycles. The molecule has 0 aromatic rings. The predicted molar refractivity (Wildman–Crippen MR) is 56.7 cm³/mol. The third kappa shape index (κ3) is 3.63. The molecule has 1 saturated heterocycles. The van der Waals surface area contributed by atoms with E-state index in [9.17, 15) is 9.59 Å². The first-order valence-electron chi connectivity index (χ1n) is 5.53. The molecule has 3 atom stereocenters. The number of piperidine rings is 1.